The summed E-state index contributed by atoms with van der Waals surface area (Å²) in [6.07, 6.45) is 4.54. The van der Waals surface area contributed by atoms with E-state index in [1.807, 2.05) is 6.92 Å². The van der Waals surface area contributed by atoms with Gasteiger partial charge in [0.1, 0.15) is 0 Å². The minimum absolute atomic E-state index is 0.200. The molecule has 0 aliphatic heterocycles. The Hall–Kier alpha value is -0.120. The Kier molecular flexibility index (Phi) is 10.9. The molecule has 0 aromatic rings. The molecule has 2 N–H and O–H groups in total. The zero-order valence-corrected chi connectivity index (χ0v) is 9.59. The Morgan fingerprint density at radius 1 is 1.21 bits per heavy atom. The molecular weight excluding hydrogens is 178 g/mol. The van der Waals surface area contributed by atoms with Gasteiger partial charge in [-0.25, -0.2) is 0 Å². The summed E-state index contributed by atoms with van der Waals surface area (Å²) in [4.78, 5) is 0. The molecule has 0 rings (SSSR count). The van der Waals surface area contributed by atoms with Crippen molar-refractivity contribution >= 4 is 0 Å². The molecule has 0 aromatic carbocycles. The van der Waals surface area contributed by atoms with E-state index in [1.54, 1.807) is 0 Å². The highest BCUT2D eigenvalue weighted by molar-refractivity contribution is 4.63. The fraction of sp³-hybridized carbons (Fsp3) is 1.00. The van der Waals surface area contributed by atoms with Gasteiger partial charge in [-0.1, -0.05) is 26.7 Å². The summed E-state index contributed by atoms with van der Waals surface area (Å²) in [7, 11) is 0. The minimum Gasteiger partial charge on any atom is -0.395 e. The van der Waals surface area contributed by atoms with Gasteiger partial charge in [0.15, 0.2) is 0 Å². The molecule has 0 aliphatic carbocycles. The van der Waals surface area contributed by atoms with Crippen molar-refractivity contribution in [2.45, 2.75) is 45.6 Å². The summed E-state index contributed by atoms with van der Waals surface area (Å²) in [5, 5.41) is 12.2. The van der Waals surface area contributed by atoms with Crippen molar-refractivity contribution in [2.75, 3.05) is 26.4 Å². The van der Waals surface area contributed by atoms with Crippen LogP contribution in [0.4, 0.5) is 0 Å². The summed E-state index contributed by atoms with van der Waals surface area (Å²) in [6, 6.07) is 0.200. The van der Waals surface area contributed by atoms with E-state index in [-0.39, 0.29) is 12.6 Å². The highest BCUT2D eigenvalue weighted by Gasteiger charge is 2.04. The summed E-state index contributed by atoms with van der Waals surface area (Å²) < 4.78 is 5.46. The summed E-state index contributed by atoms with van der Waals surface area (Å²) in [6.45, 7) is 6.95. The first-order valence-electron chi connectivity index (χ1n) is 5.77. The van der Waals surface area contributed by atoms with Crippen LogP contribution in [0.25, 0.3) is 0 Å². The lowest BCUT2D eigenvalue weighted by atomic mass is 10.2. The van der Waals surface area contributed by atoms with Gasteiger partial charge in [-0.15, -0.1) is 0 Å². The van der Waals surface area contributed by atoms with Crippen molar-refractivity contribution in [3.63, 3.8) is 0 Å². The molecule has 0 bridgehead atoms. The average molecular weight is 203 g/mol. The topological polar surface area (TPSA) is 41.5 Å². The van der Waals surface area contributed by atoms with Gasteiger partial charge >= 0.3 is 0 Å². The monoisotopic (exact) mass is 203 g/mol. The molecule has 0 fully saturated rings. The Morgan fingerprint density at radius 2 is 2.00 bits per heavy atom. The van der Waals surface area contributed by atoms with Crippen molar-refractivity contribution in [1.82, 2.24) is 5.32 Å². The second-order valence-electron chi connectivity index (χ2n) is 3.55. The predicted octanol–water partition coefficient (Wildman–Crippen LogP) is 1.55. The van der Waals surface area contributed by atoms with Crippen LogP contribution in [-0.4, -0.2) is 37.5 Å². The van der Waals surface area contributed by atoms with E-state index >= 15 is 0 Å². The van der Waals surface area contributed by atoms with E-state index < -0.39 is 0 Å². The summed E-state index contributed by atoms with van der Waals surface area (Å²) in [5.74, 6) is 0. The first-order valence-corrected chi connectivity index (χ1v) is 5.77. The molecule has 0 saturated carbocycles. The average Bonchev–Trinajstić information content (AvgIpc) is 2.21. The molecule has 0 aliphatic rings. The van der Waals surface area contributed by atoms with E-state index in [1.165, 1.54) is 12.8 Å². The van der Waals surface area contributed by atoms with Crippen LogP contribution in [0.15, 0.2) is 0 Å². The smallest absolute Gasteiger partial charge is 0.0585 e. The van der Waals surface area contributed by atoms with Crippen molar-refractivity contribution < 1.29 is 9.84 Å². The van der Waals surface area contributed by atoms with Crippen LogP contribution in [0.1, 0.15) is 39.5 Å². The third-order valence-corrected chi connectivity index (χ3v) is 2.22. The number of unbranched alkanes of at least 4 members (excludes halogenated alkanes) is 2. The Morgan fingerprint density at radius 3 is 2.57 bits per heavy atom. The van der Waals surface area contributed by atoms with Crippen molar-refractivity contribution in [3.05, 3.63) is 0 Å². The number of likely N-dealkylation sites (N-methyl/N-ethyl adjacent to an activating group) is 1. The maximum absolute atomic E-state index is 8.98. The van der Waals surface area contributed by atoms with Crippen molar-refractivity contribution in [3.8, 4) is 0 Å². The summed E-state index contributed by atoms with van der Waals surface area (Å²) in [5.41, 5.74) is 0. The third kappa shape index (κ3) is 8.48. The SMILES string of the molecule is CCCCCOCCC(CO)NCC. The zero-order valence-electron chi connectivity index (χ0n) is 9.59. The molecule has 0 aromatic heterocycles. The number of nitrogens with one attached hydrogen (secondary N) is 1. The molecule has 0 spiro atoms. The molecule has 1 unspecified atom stereocenters. The molecule has 1 atom stereocenters. The Balaban J connectivity index is 3.15. The van der Waals surface area contributed by atoms with Gasteiger partial charge in [-0.3, -0.25) is 0 Å². The van der Waals surface area contributed by atoms with Gasteiger partial charge in [0.25, 0.3) is 0 Å². The number of hydrogen-bond donors (Lipinski definition) is 2. The largest absolute Gasteiger partial charge is 0.395 e. The molecular formula is C11H25NO2. The van der Waals surface area contributed by atoms with E-state index in [0.29, 0.717) is 0 Å². The number of ether oxygens (including phenoxy) is 1. The van der Waals surface area contributed by atoms with Crippen LogP contribution in [-0.2, 0) is 4.74 Å². The van der Waals surface area contributed by atoms with Gasteiger partial charge in [0.2, 0.25) is 0 Å². The second kappa shape index (κ2) is 11.0. The standard InChI is InChI=1S/C11H25NO2/c1-3-5-6-8-14-9-7-11(10-13)12-4-2/h11-13H,3-10H2,1-2H3. The van der Waals surface area contributed by atoms with Crippen LogP contribution in [0, 0.1) is 0 Å². The van der Waals surface area contributed by atoms with Crippen LogP contribution >= 0.6 is 0 Å². The van der Waals surface area contributed by atoms with Gasteiger partial charge in [0.05, 0.1) is 6.61 Å². The third-order valence-electron chi connectivity index (χ3n) is 2.22. The fourth-order valence-electron chi connectivity index (χ4n) is 1.33. The second-order valence-corrected chi connectivity index (χ2v) is 3.55. The lowest BCUT2D eigenvalue weighted by Gasteiger charge is -2.14. The van der Waals surface area contributed by atoms with Crippen LogP contribution in [0.5, 0.6) is 0 Å². The van der Waals surface area contributed by atoms with Gasteiger partial charge < -0.3 is 15.2 Å². The normalized spacial score (nSPS) is 13.1. The predicted molar refractivity (Wildman–Crippen MR) is 59.5 cm³/mol. The first kappa shape index (κ1) is 13.9. The molecule has 3 heteroatoms. The van der Waals surface area contributed by atoms with E-state index in [2.05, 4.69) is 12.2 Å². The zero-order chi connectivity index (χ0) is 10.6. The molecule has 86 valence electrons. The molecule has 3 nitrogen and oxygen atoms in total. The number of aliphatic hydroxyl groups excluding tert-OH is 1. The van der Waals surface area contributed by atoms with Crippen LogP contribution in [0.3, 0.4) is 0 Å². The van der Waals surface area contributed by atoms with Crippen LogP contribution < -0.4 is 5.32 Å². The number of rotatable bonds is 10. The quantitative estimate of drug-likeness (QED) is 0.529. The maximum atomic E-state index is 8.98. The Bertz CT molecular complexity index is 109. The van der Waals surface area contributed by atoms with E-state index in [9.17, 15) is 0 Å². The lowest BCUT2D eigenvalue weighted by Crippen LogP contribution is -2.33. The highest BCUT2D eigenvalue weighted by atomic mass is 16.5. The van der Waals surface area contributed by atoms with Gasteiger partial charge in [0, 0.05) is 19.3 Å². The fourth-order valence-corrected chi connectivity index (χ4v) is 1.33. The number of hydrogen-bond acceptors (Lipinski definition) is 3. The first-order chi connectivity index (χ1) is 6.85. The minimum atomic E-state index is 0.200. The summed E-state index contributed by atoms with van der Waals surface area (Å²) >= 11 is 0. The van der Waals surface area contributed by atoms with Crippen molar-refractivity contribution in [1.29, 1.82) is 0 Å². The van der Waals surface area contributed by atoms with Gasteiger partial charge in [-0.05, 0) is 19.4 Å². The van der Waals surface area contributed by atoms with Gasteiger partial charge in [-0.2, -0.15) is 0 Å². The molecule has 0 saturated heterocycles. The lowest BCUT2D eigenvalue weighted by molar-refractivity contribution is 0.111. The molecule has 14 heavy (non-hydrogen) atoms. The van der Waals surface area contributed by atoms with E-state index in [4.69, 9.17) is 9.84 Å². The van der Waals surface area contributed by atoms with Crippen LogP contribution in [0.2, 0.25) is 0 Å². The van der Waals surface area contributed by atoms with E-state index in [0.717, 1.165) is 32.6 Å². The number of aliphatic hydroxyl groups is 1. The maximum Gasteiger partial charge on any atom is 0.0585 e. The van der Waals surface area contributed by atoms with Crippen molar-refractivity contribution in [2.24, 2.45) is 0 Å². The molecule has 0 amide bonds. The highest BCUT2D eigenvalue weighted by Crippen LogP contribution is 1.96. The molecule has 0 heterocycles. The molecule has 0 radical (unpaired) electrons. The Labute approximate surface area is 87.8 Å².